The second kappa shape index (κ2) is 5.44. The number of nitrogens with zero attached hydrogens (tertiary/aromatic N) is 4. The van der Waals surface area contributed by atoms with Crippen molar-refractivity contribution in [2.24, 2.45) is 0 Å². The summed E-state index contributed by atoms with van der Waals surface area (Å²) in [4.78, 5) is 31.3. The van der Waals surface area contributed by atoms with Crippen LogP contribution in [0.15, 0.2) is 18.5 Å². The molecule has 9 nitrogen and oxygen atoms in total. The van der Waals surface area contributed by atoms with Gasteiger partial charge in [-0.3, -0.25) is 0 Å². The van der Waals surface area contributed by atoms with Gasteiger partial charge >= 0.3 is 126 Å². The van der Waals surface area contributed by atoms with Crippen molar-refractivity contribution in [3.05, 3.63) is 18.5 Å². The molecule has 1 aliphatic carbocycles. The number of aromatic nitrogens is 4. The summed E-state index contributed by atoms with van der Waals surface area (Å²) >= 11 is 0. The monoisotopic (exact) mass is 327 g/mol. The van der Waals surface area contributed by atoms with Gasteiger partial charge in [0.25, 0.3) is 0 Å². The maximum absolute atomic E-state index is 9.44. The third-order valence-electron chi connectivity index (χ3n) is 3.35. The number of ether oxygens (including phenoxy) is 1. The fourth-order valence-electron chi connectivity index (χ4n) is 2.52. The molecule has 0 aliphatic heterocycles. The van der Waals surface area contributed by atoms with E-state index in [2.05, 4.69) is 15.0 Å². The Morgan fingerprint density at radius 2 is 2.14 bits per heavy atom. The third-order valence-corrected chi connectivity index (χ3v) is 4.10. The first-order valence-electron chi connectivity index (χ1n) is 6.72. The van der Waals surface area contributed by atoms with E-state index in [4.69, 9.17) is 15.0 Å². The van der Waals surface area contributed by atoms with Crippen molar-refractivity contribution in [3.63, 3.8) is 0 Å². The molecular formula is C12H18N5O4P. The number of anilines is 1. The Labute approximate surface area is 127 Å². The zero-order valence-corrected chi connectivity index (χ0v) is 13.2. The van der Waals surface area contributed by atoms with Gasteiger partial charge in [0.1, 0.15) is 0 Å². The molecule has 0 amide bonds. The minimum atomic E-state index is -3.56. The van der Waals surface area contributed by atoms with Gasteiger partial charge in [-0.1, -0.05) is 0 Å². The van der Waals surface area contributed by atoms with Crippen molar-refractivity contribution in [2.45, 2.75) is 18.6 Å². The molecule has 2 atom stereocenters. The molecule has 0 saturated heterocycles. The van der Waals surface area contributed by atoms with E-state index < -0.39 is 7.94 Å². The second-order valence-corrected chi connectivity index (χ2v) is 7.30. The summed E-state index contributed by atoms with van der Waals surface area (Å²) in [5.41, 5.74) is 6.78. The molecule has 0 aromatic carbocycles. The van der Waals surface area contributed by atoms with E-state index in [0.29, 0.717) is 23.5 Å². The Kier molecular flexibility index (Phi) is 3.73. The van der Waals surface area contributed by atoms with Crippen molar-refractivity contribution in [1.29, 1.82) is 0 Å². The van der Waals surface area contributed by atoms with Gasteiger partial charge < -0.3 is 0 Å². The van der Waals surface area contributed by atoms with E-state index in [-0.39, 0.29) is 18.1 Å². The summed E-state index contributed by atoms with van der Waals surface area (Å²) in [7, 11) is -2.06. The molecule has 0 unspecified atom stereocenters. The molecular weight excluding hydrogens is 309 g/mol. The number of hydrogen-bond donors (Lipinski definition) is 3. The van der Waals surface area contributed by atoms with Crippen LogP contribution in [-0.2, 0) is 4.52 Å². The molecule has 0 bridgehead atoms. The molecule has 0 saturated carbocycles. The zero-order valence-electron chi connectivity index (χ0n) is 12.2. The van der Waals surface area contributed by atoms with E-state index in [0.717, 1.165) is 0 Å². The Balaban J connectivity index is 1.89. The van der Waals surface area contributed by atoms with Gasteiger partial charge in [0.15, 0.2) is 0 Å². The summed E-state index contributed by atoms with van der Waals surface area (Å²) in [6.07, 6.45) is 5.55. The summed E-state index contributed by atoms with van der Waals surface area (Å²) in [6.45, 7) is 1.31. The van der Waals surface area contributed by atoms with Gasteiger partial charge in [0.05, 0.1) is 0 Å². The van der Waals surface area contributed by atoms with Crippen LogP contribution >= 0.6 is 7.94 Å². The number of hydrogen-bond acceptors (Lipinski definition) is 8. The van der Waals surface area contributed by atoms with E-state index in [1.54, 1.807) is 12.4 Å². The van der Waals surface area contributed by atoms with Crippen LogP contribution in [0.2, 0.25) is 0 Å². The van der Waals surface area contributed by atoms with Crippen molar-refractivity contribution >= 4 is 25.1 Å². The number of methoxy groups -OCH3 is 1. The zero-order chi connectivity index (χ0) is 15.9. The molecule has 22 heavy (non-hydrogen) atoms. The van der Waals surface area contributed by atoms with Crippen LogP contribution in [0.4, 0.5) is 5.95 Å². The first kappa shape index (κ1) is 15.1. The van der Waals surface area contributed by atoms with Crippen LogP contribution in [-0.4, -0.2) is 49.2 Å². The van der Waals surface area contributed by atoms with Crippen LogP contribution in [0.1, 0.15) is 12.5 Å². The Bertz CT molecular complexity index is 726. The first-order valence-corrected chi connectivity index (χ1v) is 9.02. The van der Waals surface area contributed by atoms with Gasteiger partial charge in [-0.25, -0.2) is 0 Å². The molecule has 2 aromatic heterocycles. The topological polar surface area (TPSA) is 129 Å². The van der Waals surface area contributed by atoms with Gasteiger partial charge in [-0.15, -0.1) is 0 Å². The molecule has 3 rings (SSSR count). The number of rotatable bonds is 4. The third kappa shape index (κ3) is 2.89. The molecule has 2 aromatic rings. The van der Waals surface area contributed by atoms with Gasteiger partial charge in [0, 0.05) is 0 Å². The number of imidazole rings is 1. The summed E-state index contributed by atoms with van der Waals surface area (Å²) in [5.74, 6) is 0.424. The summed E-state index contributed by atoms with van der Waals surface area (Å²) in [5, 5.41) is 0. The predicted molar refractivity (Wildman–Crippen MR) is 82.6 cm³/mol. The van der Waals surface area contributed by atoms with Crippen LogP contribution in [0.3, 0.4) is 0 Å². The minimum absolute atomic E-state index is 0.0645. The average Bonchev–Trinajstić information content (AvgIpc) is 3.02. The fourth-order valence-corrected chi connectivity index (χ4v) is 3.27. The predicted octanol–water partition coefficient (Wildman–Crippen LogP) is 0.413. The molecule has 1 aliphatic rings. The number of nitrogens with two attached hydrogens (primary N) is 1. The van der Waals surface area contributed by atoms with Crippen molar-refractivity contribution in [1.82, 2.24) is 19.5 Å². The Morgan fingerprint density at radius 3 is 2.82 bits per heavy atom. The first-order chi connectivity index (χ1) is 10.4. The molecule has 0 radical (unpaired) electrons. The maximum atomic E-state index is 9.44. The van der Waals surface area contributed by atoms with Crippen LogP contribution in [0.25, 0.3) is 11.2 Å². The van der Waals surface area contributed by atoms with Gasteiger partial charge in [-0.2, -0.15) is 0 Å². The fraction of sp³-hybridized carbons (Fsp3) is 0.417. The van der Waals surface area contributed by atoms with Crippen molar-refractivity contribution < 1.29 is 19.0 Å². The normalized spacial score (nSPS) is 22.4. The van der Waals surface area contributed by atoms with Crippen molar-refractivity contribution in [2.75, 3.05) is 19.5 Å². The Hall–Kier alpha value is -1.80. The van der Waals surface area contributed by atoms with E-state index >= 15 is 0 Å². The molecule has 2 heterocycles. The molecule has 4 N–H and O–H groups in total. The molecule has 120 valence electrons. The summed E-state index contributed by atoms with van der Waals surface area (Å²) in [6, 6.07) is -0.0645. The van der Waals surface area contributed by atoms with E-state index in [9.17, 15) is 9.79 Å². The number of allylic oxidation sites excluding steroid dienone is 1. The van der Waals surface area contributed by atoms with Crippen LogP contribution < -0.4 is 10.5 Å². The number of fused-ring (bicyclic) bond motifs is 1. The van der Waals surface area contributed by atoms with Gasteiger partial charge in [0.2, 0.25) is 0 Å². The average molecular weight is 327 g/mol. The standard InChI is InChI=1S/C12H18N5O4P/c1-20-11-9-10(15-12(13)16-11)17(6-14-9)7-3-4-8(5-7)21-22(2,18)19/h3-4,6-8,18-19,22H,5H2,1-2H3,(H2,13,15,16)/t7-,8+/m0/s1. The van der Waals surface area contributed by atoms with Gasteiger partial charge in [-0.05, 0) is 0 Å². The Morgan fingerprint density at radius 1 is 1.36 bits per heavy atom. The van der Waals surface area contributed by atoms with Crippen LogP contribution in [0.5, 0.6) is 5.88 Å². The molecule has 0 spiro atoms. The SMILES string of the molecule is COc1nc(N)nc2c1ncn2[C@H]1C=C[C@@H](O[PH](C)(O)O)C1. The summed E-state index contributed by atoms with van der Waals surface area (Å²) < 4.78 is 12.3. The van der Waals surface area contributed by atoms with E-state index in [1.165, 1.54) is 13.8 Å². The molecule has 0 fully saturated rings. The van der Waals surface area contributed by atoms with E-state index in [1.807, 2.05) is 10.6 Å². The van der Waals surface area contributed by atoms with Crippen molar-refractivity contribution in [3.8, 4) is 5.88 Å². The quantitative estimate of drug-likeness (QED) is 0.544. The van der Waals surface area contributed by atoms with Crippen LogP contribution in [0, 0.1) is 0 Å². The number of nitrogen functional groups attached to an aromatic ring is 1. The second-order valence-electron chi connectivity index (χ2n) is 5.19. The molecule has 10 heteroatoms.